The van der Waals surface area contributed by atoms with Crippen molar-refractivity contribution in [1.29, 1.82) is 0 Å². The predicted octanol–water partition coefficient (Wildman–Crippen LogP) is 4.83. The van der Waals surface area contributed by atoms with Gasteiger partial charge in [0.1, 0.15) is 6.54 Å². The van der Waals surface area contributed by atoms with Crippen LogP contribution >= 0.6 is 0 Å². The second kappa shape index (κ2) is 11.2. The van der Waals surface area contributed by atoms with Gasteiger partial charge >= 0.3 is 0 Å². The highest BCUT2D eigenvalue weighted by molar-refractivity contribution is 7.92. The molecule has 1 N–H and O–H groups in total. The molecule has 5 nitrogen and oxygen atoms in total. The van der Waals surface area contributed by atoms with Crippen molar-refractivity contribution in [3.63, 3.8) is 0 Å². The second-order valence-corrected chi connectivity index (χ2v) is 9.75. The van der Waals surface area contributed by atoms with Crippen LogP contribution in [0.15, 0.2) is 53.4 Å². The molecule has 0 heterocycles. The van der Waals surface area contributed by atoms with Crippen molar-refractivity contribution in [3.05, 3.63) is 59.7 Å². The summed E-state index contributed by atoms with van der Waals surface area (Å²) >= 11 is 0. The molecule has 0 radical (unpaired) electrons. The molecule has 0 saturated carbocycles. The number of aryl methyl sites for hydroxylation is 2. The van der Waals surface area contributed by atoms with Gasteiger partial charge in [-0.05, 0) is 56.0 Å². The van der Waals surface area contributed by atoms with Crippen molar-refractivity contribution in [3.8, 4) is 0 Å². The first-order valence-corrected chi connectivity index (χ1v) is 12.1. The fourth-order valence-electron chi connectivity index (χ4n) is 3.32. The summed E-state index contributed by atoms with van der Waals surface area (Å²) in [7, 11) is -3.87. The third-order valence-corrected chi connectivity index (χ3v) is 7.11. The zero-order chi connectivity index (χ0) is 22.1. The van der Waals surface area contributed by atoms with Crippen LogP contribution in [0, 0.1) is 19.8 Å². The van der Waals surface area contributed by atoms with Gasteiger partial charge in [0.15, 0.2) is 0 Å². The summed E-state index contributed by atoms with van der Waals surface area (Å²) in [6.07, 6.45) is 4.31. The lowest BCUT2D eigenvalue weighted by molar-refractivity contribution is -0.119. The summed E-state index contributed by atoms with van der Waals surface area (Å²) in [4.78, 5) is 12.9. The smallest absolute Gasteiger partial charge is 0.264 e. The third kappa shape index (κ3) is 6.59. The van der Waals surface area contributed by atoms with Crippen molar-refractivity contribution >= 4 is 21.6 Å². The van der Waals surface area contributed by atoms with Crippen LogP contribution in [-0.2, 0) is 14.8 Å². The largest absolute Gasteiger partial charge is 0.354 e. The van der Waals surface area contributed by atoms with Crippen LogP contribution < -0.4 is 9.62 Å². The van der Waals surface area contributed by atoms with E-state index in [1.54, 1.807) is 42.5 Å². The number of hydrogen-bond donors (Lipinski definition) is 1. The van der Waals surface area contributed by atoms with Crippen LogP contribution in [0.3, 0.4) is 0 Å². The number of carbonyl (C=O) groups excluding carboxylic acids is 1. The van der Waals surface area contributed by atoms with E-state index >= 15 is 0 Å². The molecular formula is C24H34N2O3S. The van der Waals surface area contributed by atoms with Gasteiger partial charge in [0.2, 0.25) is 5.91 Å². The molecule has 0 unspecified atom stereocenters. The van der Waals surface area contributed by atoms with Crippen LogP contribution in [0.1, 0.15) is 50.7 Å². The van der Waals surface area contributed by atoms with E-state index in [9.17, 15) is 13.2 Å². The Morgan fingerprint density at radius 3 is 2.33 bits per heavy atom. The summed E-state index contributed by atoms with van der Waals surface area (Å²) in [6, 6.07) is 13.9. The Kier molecular flexibility index (Phi) is 8.90. The Morgan fingerprint density at radius 2 is 1.73 bits per heavy atom. The summed E-state index contributed by atoms with van der Waals surface area (Å²) in [6.45, 7) is 8.41. The van der Waals surface area contributed by atoms with E-state index < -0.39 is 10.0 Å². The summed E-state index contributed by atoms with van der Waals surface area (Å²) < 4.78 is 27.9. The van der Waals surface area contributed by atoms with Gasteiger partial charge in [0.25, 0.3) is 10.0 Å². The van der Waals surface area contributed by atoms with Gasteiger partial charge in [-0.1, -0.05) is 62.9 Å². The van der Waals surface area contributed by atoms with Gasteiger partial charge in [0, 0.05) is 6.54 Å². The Hall–Kier alpha value is -2.34. The maximum atomic E-state index is 13.4. The fourth-order valence-corrected chi connectivity index (χ4v) is 4.74. The van der Waals surface area contributed by atoms with Crippen LogP contribution in [-0.4, -0.2) is 27.4 Å². The molecule has 30 heavy (non-hydrogen) atoms. The molecule has 0 bridgehead atoms. The summed E-state index contributed by atoms with van der Waals surface area (Å²) in [5.41, 5.74) is 2.40. The molecule has 164 valence electrons. The lowest BCUT2D eigenvalue weighted by Gasteiger charge is -2.25. The molecule has 2 aromatic carbocycles. The average Bonchev–Trinajstić information content (AvgIpc) is 2.72. The SMILES string of the molecule is CCCC[C@@H](CC)CNC(=O)CN(c1cccc(C)c1)S(=O)(=O)c1ccc(C)cc1. The maximum absolute atomic E-state index is 13.4. The normalized spacial score (nSPS) is 12.4. The number of anilines is 1. The first-order chi connectivity index (χ1) is 14.3. The van der Waals surface area contributed by atoms with E-state index in [0.717, 1.165) is 36.8 Å². The van der Waals surface area contributed by atoms with Gasteiger partial charge in [0.05, 0.1) is 10.6 Å². The first kappa shape index (κ1) is 23.9. The molecule has 0 aromatic heterocycles. The number of benzene rings is 2. The average molecular weight is 431 g/mol. The van der Waals surface area contributed by atoms with Crippen LogP contribution in [0.5, 0.6) is 0 Å². The van der Waals surface area contributed by atoms with Gasteiger partial charge in [-0.3, -0.25) is 9.10 Å². The molecule has 2 aromatic rings. The van der Waals surface area contributed by atoms with Crippen molar-refractivity contribution in [2.75, 3.05) is 17.4 Å². The molecule has 0 fully saturated rings. The minimum Gasteiger partial charge on any atom is -0.354 e. The number of sulfonamides is 1. The third-order valence-electron chi connectivity index (χ3n) is 5.32. The molecular weight excluding hydrogens is 396 g/mol. The highest BCUT2D eigenvalue weighted by atomic mass is 32.2. The van der Waals surface area contributed by atoms with Crippen LogP contribution in [0.4, 0.5) is 5.69 Å². The highest BCUT2D eigenvalue weighted by Crippen LogP contribution is 2.24. The van der Waals surface area contributed by atoms with Crippen molar-refractivity contribution in [2.24, 2.45) is 5.92 Å². The van der Waals surface area contributed by atoms with E-state index in [1.807, 2.05) is 19.9 Å². The number of carbonyl (C=O) groups is 1. The van der Waals surface area contributed by atoms with Crippen LogP contribution in [0.25, 0.3) is 0 Å². The van der Waals surface area contributed by atoms with Crippen molar-refractivity contribution in [2.45, 2.75) is 58.3 Å². The number of nitrogens with zero attached hydrogens (tertiary/aromatic N) is 1. The van der Waals surface area contributed by atoms with E-state index in [0.29, 0.717) is 18.2 Å². The van der Waals surface area contributed by atoms with E-state index in [1.165, 1.54) is 4.31 Å². The van der Waals surface area contributed by atoms with Crippen molar-refractivity contribution in [1.82, 2.24) is 5.32 Å². The van der Waals surface area contributed by atoms with E-state index in [4.69, 9.17) is 0 Å². The Morgan fingerprint density at radius 1 is 1.03 bits per heavy atom. The number of rotatable bonds is 11. The fraction of sp³-hybridized carbons (Fsp3) is 0.458. The lowest BCUT2D eigenvalue weighted by atomic mass is 9.99. The monoisotopic (exact) mass is 430 g/mol. The minimum atomic E-state index is -3.87. The number of amides is 1. The lowest BCUT2D eigenvalue weighted by Crippen LogP contribution is -2.42. The standard InChI is InChI=1S/C24H34N2O3S/c1-5-7-10-21(6-2)17-25-24(27)18-26(22-11-8-9-20(4)16-22)30(28,29)23-14-12-19(3)13-15-23/h8-9,11-16,21H,5-7,10,17-18H2,1-4H3,(H,25,27)/t21-/m1/s1. The second-order valence-electron chi connectivity index (χ2n) is 7.88. The number of hydrogen-bond acceptors (Lipinski definition) is 3. The highest BCUT2D eigenvalue weighted by Gasteiger charge is 2.27. The summed E-state index contributed by atoms with van der Waals surface area (Å²) in [5.74, 6) is 0.122. The molecule has 0 spiro atoms. The van der Waals surface area contributed by atoms with Gasteiger partial charge in [-0.15, -0.1) is 0 Å². The predicted molar refractivity (Wildman–Crippen MR) is 123 cm³/mol. The quantitative estimate of drug-likeness (QED) is 0.555. The Labute approximate surface area is 181 Å². The molecule has 1 atom stereocenters. The zero-order valence-electron chi connectivity index (χ0n) is 18.5. The zero-order valence-corrected chi connectivity index (χ0v) is 19.3. The molecule has 6 heteroatoms. The maximum Gasteiger partial charge on any atom is 0.264 e. The Bertz CT molecular complexity index is 924. The topological polar surface area (TPSA) is 66.5 Å². The first-order valence-electron chi connectivity index (χ1n) is 10.7. The molecule has 0 saturated heterocycles. The molecule has 2 rings (SSSR count). The number of unbranched alkanes of at least 4 members (excludes halogenated alkanes) is 1. The summed E-state index contributed by atoms with van der Waals surface area (Å²) in [5, 5.41) is 2.95. The van der Waals surface area contributed by atoms with Crippen molar-refractivity contribution < 1.29 is 13.2 Å². The minimum absolute atomic E-state index is 0.178. The molecule has 0 aliphatic heterocycles. The van der Waals surface area contributed by atoms with Gasteiger partial charge in [-0.25, -0.2) is 8.42 Å². The van der Waals surface area contributed by atoms with E-state index in [-0.39, 0.29) is 17.3 Å². The van der Waals surface area contributed by atoms with Crippen LogP contribution in [0.2, 0.25) is 0 Å². The van der Waals surface area contributed by atoms with E-state index in [2.05, 4.69) is 19.2 Å². The molecule has 1 amide bonds. The Balaban J connectivity index is 2.24. The molecule has 0 aliphatic rings. The van der Waals surface area contributed by atoms with Gasteiger partial charge in [-0.2, -0.15) is 0 Å². The van der Waals surface area contributed by atoms with Gasteiger partial charge < -0.3 is 5.32 Å². The number of nitrogens with one attached hydrogen (secondary N) is 1. The molecule has 0 aliphatic carbocycles.